The number of rotatable bonds is 5. The van der Waals surface area contributed by atoms with Gasteiger partial charge in [0, 0.05) is 19.5 Å². The first-order chi connectivity index (χ1) is 9.40. The van der Waals surface area contributed by atoms with Crippen molar-refractivity contribution in [1.82, 2.24) is 4.31 Å². The molecule has 0 amide bonds. The van der Waals surface area contributed by atoms with Crippen LogP contribution in [0.4, 0.5) is 0 Å². The molecule has 112 valence electrons. The molecule has 20 heavy (non-hydrogen) atoms. The van der Waals surface area contributed by atoms with Gasteiger partial charge in [0.2, 0.25) is 10.0 Å². The van der Waals surface area contributed by atoms with E-state index >= 15 is 0 Å². The summed E-state index contributed by atoms with van der Waals surface area (Å²) < 4.78 is 29.8. The molecule has 1 atom stereocenters. The number of carbonyl (C=O) groups excluding carboxylic acids is 1. The Morgan fingerprint density at radius 1 is 1.50 bits per heavy atom. The average molecular weight is 300 g/mol. The number of nitrogens with zero attached hydrogens (tertiary/aromatic N) is 1. The van der Waals surface area contributed by atoms with Crippen LogP contribution in [0, 0.1) is 5.92 Å². The molecule has 0 saturated carbocycles. The summed E-state index contributed by atoms with van der Waals surface area (Å²) in [7, 11) is -3.18. The first-order valence-electron chi connectivity index (χ1n) is 6.67. The SMILES string of the molecule is CS(=O)(=O)N1CCCC(CC(=O)c2ccc(CN)o2)C1. The fourth-order valence-corrected chi connectivity index (χ4v) is 3.44. The van der Waals surface area contributed by atoms with Gasteiger partial charge in [0.1, 0.15) is 5.76 Å². The predicted octanol–water partition coefficient (Wildman–Crippen LogP) is 0.983. The molecule has 1 aliphatic heterocycles. The lowest BCUT2D eigenvalue weighted by molar-refractivity contribution is 0.0913. The Kier molecular flexibility index (Phi) is 4.62. The zero-order valence-corrected chi connectivity index (χ0v) is 12.4. The maximum atomic E-state index is 12.1. The Morgan fingerprint density at radius 2 is 2.25 bits per heavy atom. The van der Waals surface area contributed by atoms with Crippen LogP contribution in [0.5, 0.6) is 0 Å². The molecule has 6 nitrogen and oxygen atoms in total. The Labute approximate surface area is 119 Å². The molecule has 0 spiro atoms. The van der Waals surface area contributed by atoms with Crippen molar-refractivity contribution in [1.29, 1.82) is 0 Å². The molecule has 1 aliphatic rings. The minimum Gasteiger partial charge on any atom is -0.457 e. The summed E-state index contributed by atoms with van der Waals surface area (Å²) in [6, 6.07) is 3.32. The summed E-state index contributed by atoms with van der Waals surface area (Å²) in [4.78, 5) is 12.1. The van der Waals surface area contributed by atoms with Crippen LogP contribution in [0.15, 0.2) is 16.5 Å². The quantitative estimate of drug-likeness (QED) is 0.818. The van der Waals surface area contributed by atoms with Crippen molar-refractivity contribution in [2.45, 2.75) is 25.8 Å². The summed E-state index contributed by atoms with van der Waals surface area (Å²) in [5.74, 6) is 0.846. The van der Waals surface area contributed by atoms with Crippen molar-refractivity contribution in [2.24, 2.45) is 11.7 Å². The van der Waals surface area contributed by atoms with E-state index in [0.29, 0.717) is 31.0 Å². The van der Waals surface area contributed by atoms with E-state index in [1.165, 1.54) is 10.6 Å². The fraction of sp³-hybridized carbons (Fsp3) is 0.615. The maximum absolute atomic E-state index is 12.1. The number of Topliss-reactive ketones (excluding diaryl/α,β-unsaturated/α-hetero) is 1. The molecule has 1 aromatic heterocycles. The lowest BCUT2D eigenvalue weighted by Crippen LogP contribution is -2.39. The van der Waals surface area contributed by atoms with Crippen molar-refractivity contribution in [2.75, 3.05) is 19.3 Å². The first kappa shape index (κ1) is 15.2. The molecule has 7 heteroatoms. The minimum atomic E-state index is -3.18. The Morgan fingerprint density at radius 3 is 2.85 bits per heavy atom. The monoisotopic (exact) mass is 300 g/mol. The van der Waals surface area contributed by atoms with Gasteiger partial charge in [0.05, 0.1) is 12.8 Å². The van der Waals surface area contributed by atoms with Crippen LogP contribution in [0.1, 0.15) is 35.6 Å². The number of hydrogen-bond acceptors (Lipinski definition) is 5. The van der Waals surface area contributed by atoms with Gasteiger partial charge in [-0.15, -0.1) is 0 Å². The van der Waals surface area contributed by atoms with E-state index in [0.717, 1.165) is 12.8 Å². The number of nitrogens with two attached hydrogens (primary N) is 1. The van der Waals surface area contributed by atoms with Crippen molar-refractivity contribution < 1.29 is 17.6 Å². The lowest BCUT2D eigenvalue weighted by atomic mass is 9.93. The maximum Gasteiger partial charge on any atom is 0.211 e. The molecular formula is C13H20N2O4S. The smallest absolute Gasteiger partial charge is 0.211 e. The van der Waals surface area contributed by atoms with E-state index in [2.05, 4.69) is 0 Å². The lowest BCUT2D eigenvalue weighted by Gasteiger charge is -2.30. The molecule has 1 unspecified atom stereocenters. The normalized spacial score (nSPS) is 21.0. The summed E-state index contributed by atoms with van der Waals surface area (Å²) in [5, 5.41) is 0. The third kappa shape index (κ3) is 3.68. The van der Waals surface area contributed by atoms with Crippen LogP contribution in [0.2, 0.25) is 0 Å². The zero-order chi connectivity index (χ0) is 14.8. The highest BCUT2D eigenvalue weighted by Crippen LogP contribution is 2.23. The number of hydrogen-bond donors (Lipinski definition) is 1. The third-order valence-corrected chi connectivity index (χ3v) is 4.83. The van der Waals surface area contributed by atoms with Crippen LogP contribution >= 0.6 is 0 Å². The zero-order valence-electron chi connectivity index (χ0n) is 11.5. The fourth-order valence-electron chi connectivity index (χ4n) is 2.49. The molecule has 1 saturated heterocycles. The highest BCUT2D eigenvalue weighted by atomic mass is 32.2. The van der Waals surface area contributed by atoms with Crippen LogP contribution < -0.4 is 5.73 Å². The number of furan rings is 1. The van der Waals surface area contributed by atoms with E-state index in [4.69, 9.17) is 10.2 Å². The predicted molar refractivity (Wildman–Crippen MR) is 74.7 cm³/mol. The topological polar surface area (TPSA) is 93.6 Å². The van der Waals surface area contributed by atoms with Crippen LogP contribution in [0.3, 0.4) is 0 Å². The summed E-state index contributed by atoms with van der Waals surface area (Å²) in [6.45, 7) is 1.22. The first-order valence-corrected chi connectivity index (χ1v) is 8.52. The van der Waals surface area contributed by atoms with E-state index in [-0.39, 0.29) is 18.2 Å². The van der Waals surface area contributed by atoms with Gasteiger partial charge in [-0.2, -0.15) is 0 Å². The molecule has 1 aromatic rings. The summed E-state index contributed by atoms with van der Waals surface area (Å²) in [6.07, 6.45) is 3.17. The number of carbonyl (C=O) groups is 1. The van der Waals surface area contributed by atoms with E-state index < -0.39 is 10.0 Å². The second kappa shape index (κ2) is 6.07. The largest absolute Gasteiger partial charge is 0.457 e. The van der Waals surface area contributed by atoms with E-state index in [9.17, 15) is 13.2 Å². The van der Waals surface area contributed by atoms with Gasteiger partial charge in [0.15, 0.2) is 11.5 Å². The Balaban J connectivity index is 1.97. The van der Waals surface area contributed by atoms with Gasteiger partial charge in [-0.1, -0.05) is 0 Å². The molecule has 2 heterocycles. The van der Waals surface area contributed by atoms with Crippen LogP contribution in [0.25, 0.3) is 0 Å². The molecule has 2 N–H and O–H groups in total. The second-order valence-corrected chi connectivity index (χ2v) is 7.21. The average Bonchev–Trinajstić information content (AvgIpc) is 2.87. The third-order valence-electron chi connectivity index (χ3n) is 3.56. The van der Waals surface area contributed by atoms with Crippen LogP contribution in [-0.4, -0.2) is 37.9 Å². The Hall–Kier alpha value is -1.18. The molecule has 0 radical (unpaired) electrons. The van der Waals surface area contributed by atoms with Crippen molar-refractivity contribution in [3.05, 3.63) is 23.7 Å². The van der Waals surface area contributed by atoms with Gasteiger partial charge in [-0.05, 0) is 30.9 Å². The van der Waals surface area contributed by atoms with E-state index in [1.54, 1.807) is 12.1 Å². The van der Waals surface area contributed by atoms with Crippen molar-refractivity contribution >= 4 is 15.8 Å². The minimum absolute atomic E-state index is 0.0531. The summed E-state index contributed by atoms with van der Waals surface area (Å²) >= 11 is 0. The molecule has 1 fully saturated rings. The number of ketones is 1. The highest BCUT2D eigenvalue weighted by Gasteiger charge is 2.28. The molecule has 0 aliphatic carbocycles. The number of sulfonamides is 1. The molecule has 2 rings (SSSR count). The number of piperidine rings is 1. The Bertz CT molecular complexity index is 579. The van der Waals surface area contributed by atoms with E-state index in [1.807, 2.05) is 0 Å². The highest BCUT2D eigenvalue weighted by molar-refractivity contribution is 7.88. The van der Waals surface area contributed by atoms with Gasteiger partial charge in [-0.3, -0.25) is 4.79 Å². The van der Waals surface area contributed by atoms with Gasteiger partial charge in [0.25, 0.3) is 0 Å². The molecule has 0 bridgehead atoms. The van der Waals surface area contributed by atoms with Crippen molar-refractivity contribution in [3.8, 4) is 0 Å². The van der Waals surface area contributed by atoms with Gasteiger partial charge >= 0.3 is 0 Å². The van der Waals surface area contributed by atoms with Gasteiger partial charge in [-0.25, -0.2) is 12.7 Å². The summed E-state index contributed by atoms with van der Waals surface area (Å²) in [5.41, 5.74) is 5.44. The van der Waals surface area contributed by atoms with Crippen molar-refractivity contribution in [3.63, 3.8) is 0 Å². The van der Waals surface area contributed by atoms with Crippen LogP contribution in [-0.2, 0) is 16.6 Å². The second-order valence-electron chi connectivity index (χ2n) is 5.23. The van der Waals surface area contributed by atoms with Gasteiger partial charge < -0.3 is 10.2 Å². The molecular weight excluding hydrogens is 280 g/mol. The standard InChI is InChI=1S/C13H20N2O4S/c1-20(17,18)15-6-2-3-10(9-15)7-12(16)13-5-4-11(8-14)19-13/h4-5,10H,2-3,6-9,14H2,1H3. The molecule has 0 aromatic carbocycles.